The number of carboxylic acid groups (broad SMARTS) is 1. The van der Waals surface area contributed by atoms with Gasteiger partial charge in [-0.25, -0.2) is 4.79 Å². The van der Waals surface area contributed by atoms with Gasteiger partial charge in [0.2, 0.25) is 17.7 Å². The molecule has 0 aliphatic heterocycles. The Bertz CT molecular complexity index is 549. The molecular formula is C16H30N4O6S2. The summed E-state index contributed by atoms with van der Waals surface area (Å²) >= 11 is 5.34. The molecule has 4 unspecified atom stereocenters. The lowest BCUT2D eigenvalue weighted by Crippen LogP contribution is -2.58. The molecule has 0 aliphatic rings. The molecule has 0 bridgehead atoms. The lowest BCUT2D eigenvalue weighted by Gasteiger charge is -2.25. The van der Waals surface area contributed by atoms with Crippen LogP contribution in [0.2, 0.25) is 0 Å². The van der Waals surface area contributed by atoms with E-state index in [1.54, 1.807) is 13.8 Å². The van der Waals surface area contributed by atoms with Gasteiger partial charge in [0.25, 0.3) is 0 Å². The Morgan fingerprint density at radius 2 is 1.57 bits per heavy atom. The van der Waals surface area contributed by atoms with E-state index in [0.29, 0.717) is 5.75 Å². The van der Waals surface area contributed by atoms with Crippen molar-refractivity contribution in [2.24, 2.45) is 11.7 Å². The van der Waals surface area contributed by atoms with Crippen molar-refractivity contribution in [2.45, 2.75) is 44.4 Å². The van der Waals surface area contributed by atoms with Crippen molar-refractivity contribution in [3.05, 3.63) is 0 Å². The van der Waals surface area contributed by atoms with Crippen molar-refractivity contribution in [1.82, 2.24) is 16.0 Å². The fraction of sp³-hybridized carbons (Fsp3) is 0.750. The van der Waals surface area contributed by atoms with E-state index >= 15 is 0 Å². The molecule has 28 heavy (non-hydrogen) atoms. The molecule has 0 saturated carbocycles. The average Bonchev–Trinajstić information content (AvgIpc) is 2.65. The predicted octanol–water partition coefficient (Wildman–Crippen LogP) is -1.82. The summed E-state index contributed by atoms with van der Waals surface area (Å²) in [6, 6.07) is -4.39. The number of carbonyl (C=O) groups is 4. The summed E-state index contributed by atoms with van der Waals surface area (Å²) in [5.74, 6) is -3.06. The SMILES string of the molecule is CSCCC(NC(=O)C(CO)NC(=O)C(N)CS)C(=O)NC(C(=O)O)C(C)C. The van der Waals surface area contributed by atoms with E-state index in [1.165, 1.54) is 11.8 Å². The van der Waals surface area contributed by atoms with Crippen LogP contribution in [0.1, 0.15) is 20.3 Å². The van der Waals surface area contributed by atoms with Crippen LogP contribution in [0, 0.1) is 5.92 Å². The van der Waals surface area contributed by atoms with Crippen molar-refractivity contribution in [1.29, 1.82) is 0 Å². The number of carbonyl (C=O) groups excluding carboxylic acids is 3. The minimum atomic E-state index is -1.30. The highest BCUT2D eigenvalue weighted by Crippen LogP contribution is 2.06. The highest BCUT2D eigenvalue weighted by atomic mass is 32.2. The quantitative estimate of drug-likeness (QED) is 0.165. The van der Waals surface area contributed by atoms with Crippen LogP contribution in [0.4, 0.5) is 0 Å². The summed E-state index contributed by atoms with van der Waals surface area (Å²) in [5.41, 5.74) is 5.52. The molecule has 0 fully saturated rings. The topological polar surface area (TPSA) is 171 Å². The number of aliphatic hydroxyl groups is 1. The minimum Gasteiger partial charge on any atom is -0.480 e. The third-order valence-corrected chi connectivity index (χ3v) is 4.86. The van der Waals surface area contributed by atoms with Gasteiger partial charge in [-0.1, -0.05) is 13.8 Å². The van der Waals surface area contributed by atoms with Crippen LogP contribution in [0.25, 0.3) is 0 Å². The van der Waals surface area contributed by atoms with Crippen LogP contribution in [-0.4, -0.2) is 82.4 Å². The number of rotatable bonds is 13. The van der Waals surface area contributed by atoms with E-state index in [0.717, 1.165) is 0 Å². The number of nitrogens with two attached hydrogens (primary N) is 1. The second kappa shape index (κ2) is 13.6. The number of thiol groups is 1. The van der Waals surface area contributed by atoms with Crippen LogP contribution < -0.4 is 21.7 Å². The van der Waals surface area contributed by atoms with Gasteiger partial charge < -0.3 is 31.9 Å². The Kier molecular flexibility index (Phi) is 12.9. The summed E-state index contributed by atoms with van der Waals surface area (Å²) in [7, 11) is 0. The summed E-state index contributed by atoms with van der Waals surface area (Å²) in [5, 5.41) is 25.8. The fourth-order valence-electron chi connectivity index (χ4n) is 2.10. The molecule has 12 heteroatoms. The van der Waals surface area contributed by atoms with Crippen LogP contribution >= 0.6 is 24.4 Å². The molecule has 0 aliphatic carbocycles. The van der Waals surface area contributed by atoms with Gasteiger partial charge in [0.1, 0.15) is 18.1 Å². The second-order valence-corrected chi connectivity index (χ2v) is 7.79. The van der Waals surface area contributed by atoms with Gasteiger partial charge in [0.15, 0.2) is 0 Å². The first-order valence-electron chi connectivity index (χ1n) is 8.69. The molecule has 4 atom stereocenters. The van der Waals surface area contributed by atoms with E-state index in [2.05, 4.69) is 28.6 Å². The molecule has 0 spiro atoms. The highest BCUT2D eigenvalue weighted by molar-refractivity contribution is 7.98. The van der Waals surface area contributed by atoms with Gasteiger partial charge in [0.05, 0.1) is 12.6 Å². The number of hydrogen-bond acceptors (Lipinski definition) is 8. The van der Waals surface area contributed by atoms with E-state index < -0.39 is 54.5 Å². The molecule has 10 nitrogen and oxygen atoms in total. The Hall–Kier alpha value is -1.50. The van der Waals surface area contributed by atoms with Crippen LogP contribution in [0.3, 0.4) is 0 Å². The maximum Gasteiger partial charge on any atom is 0.326 e. The van der Waals surface area contributed by atoms with Gasteiger partial charge in [-0.2, -0.15) is 24.4 Å². The summed E-state index contributed by atoms with van der Waals surface area (Å²) in [6.45, 7) is 2.60. The third-order valence-electron chi connectivity index (χ3n) is 3.82. The number of hydrogen-bond donors (Lipinski definition) is 7. The van der Waals surface area contributed by atoms with Crippen molar-refractivity contribution in [3.63, 3.8) is 0 Å². The van der Waals surface area contributed by atoms with Crippen LogP contribution in [0.15, 0.2) is 0 Å². The predicted molar refractivity (Wildman–Crippen MR) is 110 cm³/mol. The first kappa shape index (κ1) is 26.5. The van der Waals surface area contributed by atoms with Gasteiger partial charge in [-0.15, -0.1) is 0 Å². The second-order valence-electron chi connectivity index (χ2n) is 6.44. The first-order chi connectivity index (χ1) is 13.1. The smallest absolute Gasteiger partial charge is 0.326 e. The molecule has 0 radical (unpaired) electrons. The third kappa shape index (κ3) is 9.13. The standard InChI is InChI=1S/C16H30N4O6S2/c1-8(2)12(16(25)26)20-14(23)10(4-5-28-3)18-15(24)11(6-21)19-13(22)9(17)7-27/h8-12,21,27H,4-7,17H2,1-3H3,(H,18,24)(H,19,22)(H,20,23)(H,25,26). The molecule has 7 N–H and O–H groups in total. The maximum absolute atomic E-state index is 12.5. The lowest BCUT2D eigenvalue weighted by atomic mass is 10.0. The van der Waals surface area contributed by atoms with Gasteiger partial charge in [0, 0.05) is 5.75 Å². The summed E-state index contributed by atoms with van der Waals surface area (Å²) < 4.78 is 0. The normalized spacial score (nSPS) is 15.2. The van der Waals surface area contributed by atoms with Crippen LogP contribution in [-0.2, 0) is 19.2 Å². The number of aliphatic hydroxyl groups excluding tert-OH is 1. The van der Waals surface area contributed by atoms with Crippen molar-refractivity contribution in [3.8, 4) is 0 Å². The van der Waals surface area contributed by atoms with Gasteiger partial charge >= 0.3 is 5.97 Å². The van der Waals surface area contributed by atoms with E-state index in [-0.39, 0.29) is 18.1 Å². The zero-order chi connectivity index (χ0) is 21.9. The van der Waals surface area contributed by atoms with E-state index in [1.807, 2.05) is 6.26 Å². The minimum absolute atomic E-state index is 0.0517. The largest absolute Gasteiger partial charge is 0.480 e. The number of carboxylic acids is 1. The van der Waals surface area contributed by atoms with Crippen molar-refractivity contribution >= 4 is 48.1 Å². The summed E-state index contributed by atoms with van der Waals surface area (Å²) in [4.78, 5) is 48.0. The molecule has 3 amide bonds. The van der Waals surface area contributed by atoms with Gasteiger partial charge in [-0.05, 0) is 24.3 Å². The van der Waals surface area contributed by atoms with Crippen molar-refractivity contribution in [2.75, 3.05) is 24.4 Å². The first-order valence-corrected chi connectivity index (χ1v) is 10.7. The molecule has 0 saturated heterocycles. The summed E-state index contributed by atoms with van der Waals surface area (Å²) in [6.07, 6.45) is 2.06. The number of amides is 3. The Morgan fingerprint density at radius 1 is 1.04 bits per heavy atom. The number of nitrogens with one attached hydrogen (secondary N) is 3. The number of thioether (sulfide) groups is 1. The number of aliphatic carboxylic acids is 1. The van der Waals surface area contributed by atoms with Crippen molar-refractivity contribution < 1.29 is 29.4 Å². The lowest BCUT2D eigenvalue weighted by molar-refractivity contribution is -0.143. The Balaban J connectivity index is 5.18. The fourth-order valence-corrected chi connectivity index (χ4v) is 2.74. The van der Waals surface area contributed by atoms with Gasteiger partial charge in [-0.3, -0.25) is 14.4 Å². The van der Waals surface area contributed by atoms with E-state index in [4.69, 9.17) is 5.73 Å². The zero-order valence-electron chi connectivity index (χ0n) is 16.2. The monoisotopic (exact) mass is 438 g/mol. The maximum atomic E-state index is 12.5. The zero-order valence-corrected chi connectivity index (χ0v) is 17.9. The molecule has 0 rings (SSSR count). The molecule has 0 aromatic rings. The molecule has 162 valence electrons. The molecule has 0 heterocycles. The molecular weight excluding hydrogens is 408 g/mol. The Morgan fingerprint density at radius 3 is 2.00 bits per heavy atom. The van der Waals surface area contributed by atoms with E-state index in [9.17, 15) is 29.4 Å². The molecule has 0 aromatic heterocycles. The Labute approximate surface area is 174 Å². The average molecular weight is 439 g/mol. The molecule has 0 aromatic carbocycles. The highest BCUT2D eigenvalue weighted by Gasteiger charge is 2.30. The van der Waals surface area contributed by atoms with Crippen LogP contribution in [0.5, 0.6) is 0 Å².